The van der Waals surface area contributed by atoms with Gasteiger partial charge in [-0.2, -0.15) is 0 Å². The van der Waals surface area contributed by atoms with E-state index >= 15 is 0 Å². The highest BCUT2D eigenvalue weighted by atomic mass is 127. The highest BCUT2D eigenvalue weighted by Crippen LogP contribution is 2.32. The van der Waals surface area contributed by atoms with Gasteiger partial charge in [-0.15, -0.1) is 24.0 Å². The minimum Gasteiger partial charge on any atom is -0.396 e. The monoisotopic (exact) mass is 371 g/mol. The second kappa shape index (κ2) is 7.49. The molecule has 18 heavy (non-hydrogen) atoms. The van der Waals surface area contributed by atoms with E-state index in [4.69, 9.17) is 15.6 Å². The van der Waals surface area contributed by atoms with E-state index in [0.717, 1.165) is 19.4 Å². The van der Waals surface area contributed by atoms with Crippen molar-refractivity contribution < 1.29 is 9.84 Å². The SMILES string of the molecule is CC(C)(C)NC(N)=NCC1(CCO)CCOC1.I. The molecule has 0 spiro atoms. The third kappa shape index (κ3) is 6.19. The van der Waals surface area contributed by atoms with Crippen LogP contribution in [0.5, 0.6) is 0 Å². The van der Waals surface area contributed by atoms with E-state index in [1.807, 2.05) is 20.8 Å². The number of nitrogens with one attached hydrogen (secondary N) is 1. The zero-order valence-corrected chi connectivity index (χ0v) is 13.9. The molecule has 0 aromatic rings. The van der Waals surface area contributed by atoms with Gasteiger partial charge in [0.1, 0.15) is 0 Å². The van der Waals surface area contributed by atoms with E-state index in [0.29, 0.717) is 19.1 Å². The van der Waals surface area contributed by atoms with Crippen LogP contribution in [-0.2, 0) is 4.74 Å². The Labute approximate surface area is 127 Å². The van der Waals surface area contributed by atoms with Gasteiger partial charge in [0.15, 0.2) is 5.96 Å². The van der Waals surface area contributed by atoms with Crippen LogP contribution < -0.4 is 11.1 Å². The van der Waals surface area contributed by atoms with Crippen LogP contribution in [-0.4, -0.2) is 43.0 Å². The largest absolute Gasteiger partial charge is 0.396 e. The number of guanidine groups is 1. The van der Waals surface area contributed by atoms with Crippen LogP contribution in [0.3, 0.4) is 0 Å². The molecule has 5 nitrogen and oxygen atoms in total. The van der Waals surface area contributed by atoms with Gasteiger partial charge in [0.25, 0.3) is 0 Å². The van der Waals surface area contributed by atoms with Crippen LogP contribution in [0.25, 0.3) is 0 Å². The van der Waals surface area contributed by atoms with E-state index < -0.39 is 0 Å². The van der Waals surface area contributed by atoms with Crippen molar-refractivity contribution in [3.8, 4) is 0 Å². The lowest BCUT2D eigenvalue weighted by Crippen LogP contribution is -2.45. The van der Waals surface area contributed by atoms with Crippen LogP contribution in [0.15, 0.2) is 4.99 Å². The van der Waals surface area contributed by atoms with Crippen LogP contribution >= 0.6 is 24.0 Å². The Hall–Kier alpha value is -0.0800. The summed E-state index contributed by atoms with van der Waals surface area (Å²) in [7, 11) is 0. The minimum absolute atomic E-state index is 0. The van der Waals surface area contributed by atoms with Crippen molar-refractivity contribution in [2.75, 3.05) is 26.4 Å². The number of aliphatic imine (C=N–C) groups is 1. The van der Waals surface area contributed by atoms with Gasteiger partial charge < -0.3 is 20.9 Å². The summed E-state index contributed by atoms with van der Waals surface area (Å²) in [4.78, 5) is 4.37. The van der Waals surface area contributed by atoms with Crippen molar-refractivity contribution in [2.24, 2.45) is 16.1 Å². The molecule has 1 fully saturated rings. The van der Waals surface area contributed by atoms with Crippen molar-refractivity contribution in [3.63, 3.8) is 0 Å². The van der Waals surface area contributed by atoms with Crippen molar-refractivity contribution in [2.45, 2.75) is 39.2 Å². The normalized spacial score (nSPS) is 24.8. The minimum atomic E-state index is -0.0795. The Morgan fingerprint density at radius 2 is 2.17 bits per heavy atom. The topological polar surface area (TPSA) is 79.9 Å². The molecule has 0 radical (unpaired) electrons. The van der Waals surface area contributed by atoms with Crippen molar-refractivity contribution >= 4 is 29.9 Å². The van der Waals surface area contributed by atoms with Crippen LogP contribution in [0, 0.1) is 5.41 Å². The highest BCUT2D eigenvalue weighted by molar-refractivity contribution is 14.0. The summed E-state index contributed by atoms with van der Waals surface area (Å²) in [5.74, 6) is 0.460. The summed E-state index contributed by atoms with van der Waals surface area (Å²) in [6, 6.07) is 0. The molecular formula is C12H26IN3O2. The Morgan fingerprint density at radius 3 is 2.61 bits per heavy atom. The van der Waals surface area contributed by atoms with E-state index in [1.165, 1.54) is 0 Å². The fourth-order valence-corrected chi connectivity index (χ4v) is 1.96. The summed E-state index contributed by atoms with van der Waals surface area (Å²) >= 11 is 0. The maximum Gasteiger partial charge on any atom is 0.189 e. The van der Waals surface area contributed by atoms with Gasteiger partial charge in [0.05, 0.1) is 13.2 Å². The van der Waals surface area contributed by atoms with Gasteiger partial charge in [0, 0.05) is 24.2 Å². The molecule has 6 heteroatoms. The quantitative estimate of drug-likeness (QED) is 0.393. The molecule has 1 rings (SSSR count). The van der Waals surface area contributed by atoms with Gasteiger partial charge in [-0.3, -0.25) is 4.99 Å². The Morgan fingerprint density at radius 1 is 1.50 bits per heavy atom. The first-order chi connectivity index (χ1) is 7.87. The first-order valence-electron chi connectivity index (χ1n) is 6.14. The lowest BCUT2D eigenvalue weighted by Gasteiger charge is -2.26. The molecular weight excluding hydrogens is 345 g/mol. The second-order valence-electron chi connectivity index (χ2n) is 5.85. The molecule has 108 valence electrons. The molecule has 4 N–H and O–H groups in total. The number of ether oxygens (including phenoxy) is 1. The average Bonchev–Trinajstić information content (AvgIpc) is 2.62. The van der Waals surface area contributed by atoms with E-state index in [1.54, 1.807) is 0 Å². The Bertz CT molecular complexity index is 271. The molecule has 0 aromatic carbocycles. The number of aliphatic hydroxyl groups is 1. The number of hydrogen-bond donors (Lipinski definition) is 3. The number of nitrogens with two attached hydrogens (primary N) is 1. The number of aliphatic hydroxyl groups excluding tert-OH is 1. The average molecular weight is 371 g/mol. The standard InChI is InChI=1S/C12H25N3O2.HI/c1-11(2,3)15-10(13)14-8-12(4-6-16)5-7-17-9-12;/h16H,4-9H2,1-3H3,(H3,13,14,15);1H. The lowest BCUT2D eigenvalue weighted by atomic mass is 9.84. The van der Waals surface area contributed by atoms with Crippen molar-refractivity contribution in [3.05, 3.63) is 0 Å². The molecule has 0 saturated carbocycles. The fraction of sp³-hybridized carbons (Fsp3) is 0.917. The third-order valence-corrected chi connectivity index (χ3v) is 2.91. The number of halogens is 1. The maximum absolute atomic E-state index is 9.09. The highest BCUT2D eigenvalue weighted by Gasteiger charge is 2.34. The molecule has 1 aliphatic rings. The smallest absolute Gasteiger partial charge is 0.189 e. The molecule has 0 aliphatic carbocycles. The molecule has 1 atom stereocenters. The molecule has 0 bridgehead atoms. The van der Waals surface area contributed by atoms with Gasteiger partial charge in [-0.25, -0.2) is 0 Å². The maximum atomic E-state index is 9.09. The van der Waals surface area contributed by atoms with Crippen molar-refractivity contribution in [1.82, 2.24) is 5.32 Å². The van der Waals surface area contributed by atoms with Crippen molar-refractivity contribution in [1.29, 1.82) is 0 Å². The van der Waals surface area contributed by atoms with E-state index in [2.05, 4.69) is 10.3 Å². The summed E-state index contributed by atoms with van der Waals surface area (Å²) < 4.78 is 5.40. The Kier molecular flexibility index (Phi) is 7.46. The van der Waals surface area contributed by atoms with E-state index in [-0.39, 0.29) is 41.5 Å². The van der Waals surface area contributed by atoms with Gasteiger partial charge in [-0.05, 0) is 33.6 Å². The number of hydrogen-bond acceptors (Lipinski definition) is 3. The zero-order chi connectivity index (χ0) is 12.9. The first kappa shape index (κ1) is 17.9. The second-order valence-corrected chi connectivity index (χ2v) is 5.85. The zero-order valence-electron chi connectivity index (χ0n) is 11.5. The summed E-state index contributed by atoms with van der Waals surface area (Å²) in [5, 5.41) is 12.2. The number of nitrogens with zero attached hydrogens (tertiary/aromatic N) is 1. The van der Waals surface area contributed by atoms with Crippen LogP contribution in [0.4, 0.5) is 0 Å². The van der Waals surface area contributed by atoms with Crippen LogP contribution in [0.2, 0.25) is 0 Å². The predicted molar refractivity (Wildman–Crippen MR) is 84.4 cm³/mol. The van der Waals surface area contributed by atoms with E-state index in [9.17, 15) is 0 Å². The summed E-state index contributed by atoms with van der Waals surface area (Å²) in [6.45, 7) is 8.32. The number of rotatable bonds is 4. The Balaban J connectivity index is 0.00000289. The molecule has 1 aliphatic heterocycles. The lowest BCUT2D eigenvalue weighted by molar-refractivity contribution is 0.131. The third-order valence-electron chi connectivity index (χ3n) is 2.91. The van der Waals surface area contributed by atoms with Gasteiger partial charge >= 0.3 is 0 Å². The molecule has 0 amide bonds. The summed E-state index contributed by atoms with van der Waals surface area (Å²) in [5.41, 5.74) is 5.72. The first-order valence-corrected chi connectivity index (χ1v) is 6.14. The molecule has 1 saturated heterocycles. The van der Waals surface area contributed by atoms with Gasteiger partial charge in [-0.1, -0.05) is 0 Å². The molecule has 1 unspecified atom stereocenters. The fourth-order valence-electron chi connectivity index (χ4n) is 1.96. The summed E-state index contributed by atoms with van der Waals surface area (Å²) in [6.07, 6.45) is 1.67. The predicted octanol–water partition coefficient (Wildman–Crippen LogP) is 1.10. The van der Waals surface area contributed by atoms with Crippen LogP contribution in [0.1, 0.15) is 33.6 Å². The molecule has 1 heterocycles. The molecule has 0 aromatic heterocycles. The van der Waals surface area contributed by atoms with Gasteiger partial charge in [0.2, 0.25) is 0 Å².